The van der Waals surface area contributed by atoms with Crippen molar-refractivity contribution in [2.75, 3.05) is 37.8 Å². The largest absolute Gasteiger partial charge is 0.481 e. The van der Waals surface area contributed by atoms with Crippen LogP contribution in [0.25, 0.3) is 11.2 Å². The van der Waals surface area contributed by atoms with Crippen molar-refractivity contribution >= 4 is 69.1 Å². The molecule has 0 spiro atoms. The number of rotatable bonds is 24. The monoisotopic (exact) mass is 935 g/mol. The molecule has 0 radical (unpaired) electrons. The Bertz CT molecular complexity index is 1980. The molecular formula is C31H52N7O18P3S. The zero-order valence-electron chi connectivity index (χ0n) is 33.2. The van der Waals surface area contributed by atoms with Gasteiger partial charge in [0, 0.05) is 30.7 Å². The molecule has 1 fully saturated rings. The van der Waals surface area contributed by atoms with Gasteiger partial charge in [-0.25, -0.2) is 28.6 Å². The number of imidazole rings is 1. The van der Waals surface area contributed by atoms with Gasteiger partial charge in [0.1, 0.15) is 36.3 Å². The van der Waals surface area contributed by atoms with Crippen LogP contribution in [0.15, 0.2) is 24.8 Å². The molecule has 1 aliphatic rings. The highest BCUT2D eigenvalue weighted by atomic mass is 32.2. The van der Waals surface area contributed by atoms with E-state index in [4.69, 9.17) is 19.5 Å². The van der Waals surface area contributed by atoms with Gasteiger partial charge in [0.2, 0.25) is 11.8 Å². The first-order valence-electron chi connectivity index (χ1n) is 18.1. The predicted octanol–water partition coefficient (Wildman–Crippen LogP) is 0.264. The SMILES string of the molecule is C=C(CC(O)C(C)C(=O)SCCNC(=O)CCNC(=O)C(O)C(C)(C)COP(=O)(O)OP(=O)(O)OC[C@H]1O[C@@H](n2cnc3c(N)ncnc32)[C@H](O)[C@@H]1OP(=O)(O)O)C(C)C. The summed E-state index contributed by atoms with van der Waals surface area (Å²) < 4.78 is 62.2. The number of carbonyl (C=O) groups is 3. The molecule has 1 saturated heterocycles. The minimum Gasteiger partial charge on any atom is -0.392 e. The second kappa shape index (κ2) is 21.6. The van der Waals surface area contributed by atoms with Crippen LogP contribution in [0.3, 0.4) is 0 Å². The summed E-state index contributed by atoms with van der Waals surface area (Å²) in [5.41, 5.74) is 5.06. The molecule has 3 rings (SSSR count). The number of ether oxygens (including phenoxy) is 1. The van der Waals surface area contributed by atoms with E-state index in [1.54, 1.807) is 6.92 Å². The molecular weight excluding hydrogens is 883 g/mol. The molecule has 2 aromatic rings. The minimum atomic E-state index is -5.59. The lowest BCUT2D eigenvalue weighted by Gasteiger charge is -2.30. The Labute approximate surface area is 348 Å². The molecule has 9 atom stereocenters. The second-order valence-electron chi connectivity index (χ2n) is 14.6. The van der Waals surface area contributed by atoms with Crippen molar-refractivity contribution in [1.29, 1.82) is 0 Å². The zero-order chi connectivity index (χ0) is 45.4. The minimum absolute atomic E-state index is 0.0244. The highest BCUT2D eigenvalue weighted by molar-refractivity contribution is 8.13. The van der Waals surface area contributed by atoms with Crippen molar-refractivity contribution in [3.63, 3.8) is 0 Å². The van der Waals surface area contributed by atoms with Gasteiger partial charge in [0.05, 0.1) is 31.6 Å². The molecule has 2 aromatic heterocycles. The number of fused-ring (bicyclic) bond motifs is 1. The fourth-order valence-electron chi connectivity index (χ4n) is 5.25. The zero-order valence-corrected chi connectivity index (χ0v) is 36.7. The van der Waals surface area contributed by atoms with E-state index in [1.165, 1.54) is 13.8 Å². The maximum Gasteiger partial charge on any atom is 0.481 e. The first-order chi connectivity index (χ1) is 27.6. The smallest absolute Gasteiger partial charge is 0.392 e. The molecule has 340 valence electrons. The Kier molecular flexibility index (Phi) is 18.5. The van der Waals surface area contributed by atoms with Crippen LogP contribution in [-0.4, -0.2) is 134 Å². The van der Waals surface area contributed by atoms with Crippen LogP contribution < -0.4 is 16.4 Å². The van der Waals surface area contributed by atoms with Gasteiger partial charge >= 0.3 is 23.5 Å². The highest BCUT2D eigenvalue weighted by Gasteiger charge is 2.50. The molecule has 60 heavy (non-hydrogen) atoms. The summed E-state index contributed by atoms with van der Waals surface area (Å²) in [5.74, 6) is -1.78. The number of nitrogens with zero attached hydrogens (tertiary/aromatic N) is 4. The van der Waals surface area contributed by atoms with E-state index in [2.05, 4.69) is 41.0 Å². The van der Waals surface area contributed by atoms with Gasteiger partial charge < -0.3 is 56.0 Å². The Hall–Kier alpha value is -2.74. The number of carbonyl (C=O) groups excluding carboxylic acids is 3. The molecule has 1 aliphatic heterocycles. The van der Waals surface area contributed by atoms with Gasteiger partial charge in [-0.1, -0.05) is 58.5 Å². The summed E-state index contributed by atoms with van der Waals surface area (Å²) in [5, 5.41) is 36.5. The Morgan fingerprint density at radius 1 is 1.03 bits per heavy atom. The number of amides is 2. The average molecular weight is 936 g/mol. The maximum atomic E-state index is 12.7. The van der Waals surface area contributed by atoms with Crippen molar-refractivity contribution in [2.45, 2.75) is 84.2 Å². The van der Waals surface area contributed by atoms with Gasteiger partial charge in [0.25, 0.3) is 0 Å². The van der Waals surface area contributed by atoms with Gasteiger partial charge in [-0.15, -0.1) is 0 Å². The van der Waals surface area contributed by atoms with Crippen LogP contribution in [-0.2, 0) is 50.7 Å². The number of nitrogen functional groups attached to an aromatic ring is 1. The van der Waals surface area contributed by atoms with Gasteiger partial charge in [-0.05, 0) is 12.3 Å². The number of aromatic nitrogens is 4. The number of aliphatic hydroxyl groups is 3. The molecule has 0 bridgehead atoms. The van der Waals surface area contributed by atoms with E-state index in [0.29, 0.717) is 6.42 Å². The molecule has 11 N–H and O–H groups in total. The highest BCUT2D eigenvalue weighted by Crippen LogP contribution is 2.61. The number of hydrogen-bond donors (Lipinski definition) is 10. The molecule has 25 nitrogen and oxygen atoms in total. The molecule has 0 saturated carbocycles. The number of phosphoric acid groups is 3. The molecule has 29 heteroatoms. The lowest BCUT2D eigenvalue weighted by atomic mass is 9.87. The third kappa shape index (κ3) is 15.3. The molecule has 3 heterocycles. The molecule has 2 amide bonds. The van der Waals surface area contributed by atoms with E-state index in [-0.39, 0.29) is 53.3 Å². The van der Waals surface area contributed by atoms with Gasteiger partial charge in [-0.3, -0.25) is 32.5 Å². The van der Waals surface area contributed by atoms with Crippen molar-refractivity contribution in [3.05, 3.63) is 24.8 Å². The number of aliphatic hydroxyl groups excluding tert-OH is 3. The third-order valence-corrected chi connectivity index (χ3v) is 13.1. The average Bonchev–Trinajstić information content (AvgIpc) is 3.70. The number of thioether (sulfide) groups is 1. The summed E-state index contributed by atoms with van der Waals surface area (Å²) in [6.45, 7) is 9.71. The number of anilines is 1. The Morgan fingerprint density at radius 3 is 2.32 bits per heavy atom. The lowest BCUT2D eigenvalue weighted by Crippen LogP contribution is -2.46. The van der Waals surface area contributed by atoms with E-state index in [9.17, 15) is 63.0 Å². The summed E-state index contributed by atoms with van der Waals surface area (Å²) in [6.07, 6.45) is -7.61. The van der Waals surface area contributed by atoms with Crippen LogP contribution in [0.1, 0.15) is 53.7 Å². The van der Waals surface area contributed by atoms with Crippen LogP contribution >= 0.6 is 35.2 Å². The van der Waals surface area contributed by atoms with E-state index in [1.807, 2.05) is 13.8 Å². The topological polar surface area (TPSA) is 384 Å². The fourth-order valence-corrected chi connectivity index (χ4v) is 8.91. The quantitative estimate of drug-likeness (QED) is 0.0383. The number of nitrogens with one attached hydrogen (secondary N) is 2. The van der Waals surface area contributed by atoms with Crippen LogP contribution in [0, 0.1) is 17.3 Å². The van der Waals surface area contributed by atoms with Crippen molar-refractivity contribution in [1.82, 2.24) is 30.2 Å². The summed E-state index contributed by atoms with van der Waals surface area (Å²) in [6, 6.07) is 0. The Balaban J connectivity index is 1.45. The van der Waals surface area contributed by atoms with Gasteiger partial charge in [0.15, 0.2) is 22.8 Å². The maximum absolute atomic E-state index is 12.7. The number of nitrogens with two attached hydrogens (primary N) is 1. The molecule has 5 unspecified atom stereocenters. The first kappa shape index (κ1) is 51.6. The number of phosphoric ester groups is 3. The summed E-state index contributed by atoms with van der Waals surface area (Å²) in [7, 11) is -16.4. The predicted molar refractivity (Wildman–Crippen MR) is 211 cm³/mol. The van der Waals surface area contributed by atoms with Crippen LogP contribution in [0.4, 0.5) is 5.82 Å². The Morgan fingerprint density at radius 2 is 1.68 bits per heavy atom. The van der Waals surface area contributed by atoms with Crippen molar-refractivity contribution < 1.29 is 85.6 Å². The van der Waals surface area contributed by atoms with Crippen LogP contribution in [0.5, 0.6) is 0 Å². The summed E-state index contributed by atoms with van der Waals surface area (Å²) in [4.78, 5) is 88.3. The third-order valence-electron chi connectivity index (χ3n) is 8.98. The lowest BCUT2D eigenvalue weighted by molar-refractivity contribution is -0.137. The molecule has 0 aliphatic carbocycles. The van der Waals surface area contributed by atoms with Crippen molar-refractivity contribution in [3.8, 4) is 0 Å². The number of hydrogen-bond acceptors (Lipinski definition) is 19. The van der Waals surface area contributed by atoms with Crippen molar-refractivity contribution in [2.24, 2.45) is 17.3 Å². The second-order valence-corrected chi connectivity index (χ2v) is 19.9. The summed E-state index contributed by atoms with van der Waals surface area (Å²) >= 11 is 0.952. The first-order valence-corrected chi connectivity index (χ1v) is 23.6. The van der Waals surface area contributed by atoms with E-state index >= 15 is 0 Å². The van der Waals surface area contributed by atoms with E-state index < -0.39 is 96.6 Å². The van der Waals surface area contributed by atoms with Gasteiger partial charge in [-0.2, -0.15) is 4.31 Å². The van der Waals surface area contributed by atoms with Crippen LogP contribution in [0.2, 0.25) is 0 Å². The molecule has 0 aromatic carbocycles. The standard InChI is InChI=1S/C31H52N7O18P3S/c1-16(2)17(3)11-19(39)18(4)30(44)60-10-9-33-21(40)7-8-34-28(43)25(42)31(5,6)13-53-59(50,51)56-58(48,49)52-12-20-24(55-57(45,46)47)23(41)29(54-20)38-15-37-22-26(32)35-14-36-27(22)38/h14-16,18-20,23-25,29,39,41-42H,3,7-13H2,1-2,4-6H3,(H,33,40)(H,34,43)(H,48,49)(H,50,51)(H2,32,35,36)(H2,45,46,47)/t18?,19?,20-,23-,24-,25?,29-/m1/s1. The normalized spacial score (nSPS) is 22.1. The van der Waals surface area contributed by atoms with E-state index in [0.717, 1.165) is 34.6 Å². The fraction of sp³-hybridized carbons (Fsp3) is 0.677.